The van der Waals surface area contributed by atoms with E-state index in [1.807, 2.05) is 0 Å². The number of aliphatic carboxylic acids is 1. The van der Waals surface area contributed by atoms with Gasteiger partial charge in [0.2, 0.25) is 0 Å². The van der Waals surface area contributed by atoms with Crippen LogP contribution in [0.3, 0.4) is 0 Å². The first-order chi connectivity index (χ1) is 4.63. The Morgan fingerprint density at radius 2 is 2.00 bits per heavy atom. The number of rotatable bonds is 4. The molecule has 10 heavy (non-hydrogen) atoms. The van der Waals surface area contributed by atoms with Gasteiger partial charge in [-0.05, 0) is 0 Å². The Kier molecular flexibility index (Phi) is 3.91. The third-order valence-electron chi connectivity index (χ3n) is 0.909. The second-order valence-corrected chi connectivity index (χ2v) is 2.67. The number of hydrogen-bond acceptors (Lipinski definition) is 4. The molecule has 0 saturated carbocycles. The van der Waals surface area contributed by atoms with Crippen molar-refractivity contribution in [3.05, 3.63) is 0 Å². The molecule has 0 amide bonds. The molecule has 0 aliphatic heterocycles. The molecule has 58 valence electrons. The Labute approximate surface area is 57.9 Å². The van der Waals surface area contributed by atoms with E-state index < -0.39 is 32.5 Å². The summed E-state index contributed by atoms with van der Waals surface area (Å²) in [6.45, 7) is -0.663. The van der Waals surface area contributed by atoms with E-state index in [0.29, 0.717) is 0 Å². The van der Waals surface area contributed by atoms with Gasteiger partial charge in [0.1, 0.15) is 5.66 Å². The molecule has 0 fully saturated rings. The number of carbonyl (C=O) groups is 2. The summed E-state index contributed by atoms with van der Waals surface area (Å²) in [6.07, 6.45) is 0. The van der Waals surface area contributed by atoms with Crippen LogP contribution in [-0.4, -0.2) is 34.2 Å². The molecule has 0 rings (SSSR count). The van der Waals surface area contributed by atoms with Gasteiger partial charge in [0.05, 0.1) is 15.1 Å². The number of Topliss-reactive ketones (excluding diaryl/α,β-unsaturated/α-hetero) is 1. The fourth-order valence-electron chi connectivity index (χ4n) is 0.346. The summed E-state index contributed by atoms with van der Waals surface area (Å²) in [6, 6.07) is 0. The standard InChI is InChI=1S/C4H7O5P/c5-1-2(10-9)3(6)4(7)8/h2,5H,1,10H2,(H,7,8). The first-order valence-electron chi connectivity index (χ1n) is 2.46. The number of ketones is 1. The maximum Gasteiger partial charge on any atom is 0.373 e. The van der Waals surface area contributed by atoms with Crippen molar-refractivity contribution >= 4 is 20.2 Å². The molecule has 0 aromatic carbocycles. The van der Waals surface area contributed by atoms with Gasteiger partial charge in [-0.2, -0.15) is 0 Å². The Morgan fingerprint density at radius 3 is 2.10 bits per heavy atom. The molecule has 0 spiro atoms. The van der Waals surface area contributed by atoms with E-state index in [4.69, 9.17) is 10.2 Å². The predicted octanol–water partition coefficient (Wildman–Crippen LogP) is -1.24. The van der Waals surface area contributed by atoms with E-state index in [9.17, 15) is 14.2 Å². The molecule has 0 aliphatic rings. The molecule has 5 nitrogen and oxygen atoms in total. The van der Waals surface area contributed by atoms with Crippen molar-refractivity contribution in [1.82, 2.24) is 0 Å². The van der Waals surface area contributed by atoms with Crippen LogP contribution in [0.1, 0.15) is 0 Å². The minimum atomic E-state index is -1.65. The van der Waals surface area contributed by atoms with Crippen molar-refractivity contribution in [3.63, 3.8) is 0 Å². The normalized spacial score (nSPS) is 13.7. The van der Waals surface area contributed by atoms with Crippen molar-refractivity contribution in [1.29, 1.82) is 0 Å². The van der Waals surface area contributed by atoms with E-state index in [1.54, 1.807) is 0 Å². The second kappa shape index (κ2) is 4.19. The Morgan fingerprint density at radius 1 is 1.50 bits per heavy atom. The van der Waals surface area contributed by atoms with E-state index in [0.717, 1.165) is 0 Å². The van der Waals surface area contributed by atoms with Gasteiger partial charge < -0.3 is 14.8 Å². The van der Waals surface area contributed by atoms with Crippen molar-refractivity contribution in [2.45, 2.75) is 5.66 Å². The number of carbonyl (C=O) groups excluding carboxylic acids is 1. The third kappa shape index (κ3) is 2.29. The smallest absolute Gasteiger partial charge is 0.373 e. The Balaban J connectivity index is 4.15. The fourth-order valence-corrected chi connectivity index (χ4v) is 0.699. The highest BCUT2D eigenvalue weighted by Crippen LogP contribution is 2.05. The Bertz CT molecular complexity index is 165. The molecule has 0 aromatic heterocycles. The van der Waals surface area contributed by atoms with E-state index in [1.165, 1.54) is 0 Å². The largest absolute Gasteiger partial charge is 0.475 e. The lowest BCUT2D eigenvalue weighted by Crippen LogP contribution is -2.26. The SMILES string of the molecule is O=[PH2]C(CO)C(=O)C(=O)O. The lowest BCUT2D eigenvalue weighted by atomic mass is 10.3. The van der Waals surface area contributed by atoms with Crippen LogP contribution >= 0.6 is 8.46 Å². The highest BCUT2D eigenvalue weighted by atomic mass is 31.1. The topological polar surface area (TPSA) is 91.7 Å². The van der Waals surface area contributed by atoms with E-state index in [-0.39, 0.29) is 0 Å². The van der Waals surface area contributed by atoms with E-state index >= 15 is 0 Å². The number of hydrogen-bond donors (Lipinski definition) is 2. The molecule has 0 saturated heterocycles. The lowest BCUT2D eigenvalue weighted by molar-refractivity contribution is -0.149. The van der Waals surface area contributed by atoms with Gasteiger partial charge in [-0.25, -0.2) is 4.79 Å². The van der Waals surface area contributed by atoms with Crippen LogP contribution in [0, 0.1) is 0 Å². The van der Waals surface area contributed by atoms with Crippen molar-refractivity contribution in [2.75, 3.05) is 6.61 Å². The average Bonchev–Trinajstić information content (AvgIpc) is 1.90. The maximum atomic E-state index is 10.4. The molecule has 2 unspecified atom stereocenters. The monoisotopic (exact) mass is 166 g/mol. The molecular weight excluding hydrogens is 159 g/mol. The summed E-state index contributed by atoms with van der Waals surface area (Å²) >= 11 is 0. The van der Waals surface area contributed by atoms with Crippen LogP contribution in [-0.2, 0) is 14.2 Å². The summed E-state index contributed by atoms with van der Waals surface area (Å²) in [5.74, 6) is -2.84. The molecule has 6 heteroatoms. The zero-order chi connectivity index (χ0) is 8.15. The molecule has 0 radical (unpaired) electrons. The summed E-state index contributed by atoms with van der Waals surface area (Å²) in [5.41, 5.74) is -1.21. The van der Waals surface area contributed by atoms with Crippen molar-refractivity contribution in [2.24, 2.45) is 0 Å². The van der Waals surface area contributed by atoms with Gasteiger partial charge in [-0.3, -0.25) is 4.79 Å². The van der Waals surface area contributed by atoms with Crippen LogP contribution in [0.4, 0.5) is 0 Å². The van der Waals surface area contributed by atoms with Gasteiger partial charge in [0.15, 0.2) is 0 Å². The quantitative estimate of drug-likeness (QED) is 0.402. The molecule has 2 atom stereocenters. The lowest BCUT2D eigenvalue weighted by Gasteiger charge is -1.98. The number of carboxylic acid groups (broad SMARTS) is 1. The van der Waals surface area contributed by atoms with Gasteiger partial charge in [-0.1, -0.05) is 0 Å². The fraction of sp³-hybridized carbons (Fsp3) is 0.500. The van der Waals surface area contributed by atoms with E-state index in [2.05, 4.69) is 0 Å². The molecular formula is C4H7O5P. The minimum absolute atomic E-state index is 0.663. The van der Waals surface area contributed by atoms with Crippen LogP contribution in [0.25, 0.3) is 0 Å². The molecule has 2 N–H and O–H groups in total. The van der Waals surface area contributed by atoms with Gasteiger partial charge >= 0.3 is 5.97 Å². The Hall–Kier alpha value is -0.670. The third-order valence-corrected chi connectivity index (χ3v) is 1.75. The van der Waals surface area contributed by atoms with Gasteiger partial charge in [0, 0.05) is 0 Å². The zero-order valence-corrected chi connectivity index (χ0v) is 6.14. The summed E-state index contributed by atoms with van der Waals surface area (Å²) in [7, 11) is -1.55. The number of aliphatic hydroxyl groups excluding tert-OH is 1. The van der Waals surface area contributed by atoms with Gasteiger partial charge in [0.25, 0.3) is 5.78 Å². The molecule has 0 heterocycles. The van der Waals surface area contributed by atoms with Crippen LogP contribution < -0.4 is 0 Å². The first-order valence-corrected chi connectivity index (χ1v) is 3.60. The van der Waals surface area contributed by atoms with Crippen LogP contribution in [0.2, 0.25) is 0 Å². The average molecular weight is 166 g/mol. The number of aliphatic hydroxyl groups is 1. The predicted molar refractivity (Wildman–Crippen MR) is 33.9 cm³/mol. The molecule has 0 bridgehead atoms. The van der Waals surface area contributed by atoms with Crippen LogP contribution in [0.5, 0.6) is 0 Å². The summed E-state index contributed by atoms with van der Waals surface area (Å²) in [5, 5.41) is 16.3. The molecule has 0 aromatic rings. The number of carboxylic acids is 1. The van der Waals surface area contributed by atoms with Gasteiger partial charge in [-0.15, -0.1) is 0 Å². The minimum Gasteiger partial charge on any atom is -0.475 e. The first kappa shape index (κ1) is 9.33. The highest BCUT2D eigenvalue weighted by molar-refractivity contribution is 7.27. The van der Waals surface area contributed by atoms with Crippen molar-refractivity contribution < 1.29 is 24.4 Å². The summed E-state index contributed by atoms with van der Waals surface area (Å²) < 4.78 is 10.0. The maximum absolute atomic E-state index is 10.4. The van der Waals surface area contributed by atoms with Crippen molar-refractivity contribution in [3.8, 4) is 0 Å². The molecule has 0 aliphatic carbocycles. The highest BCUT2D eigenvalue weighted by Gasteiger charge is 2.22. The van der Waals surface area contributed by atoms with Crippen LogP contribution in [0.15, 0.2) is 0 Å². The zero-order valence-electron chi connectivity index (χ0n) is 4.98. The second-order valence-electron chi connectivity index (χ2n) is 1.59. The summed E-state index contributed by atoms with van der Waals surface area (Å²) in [4.78, 5) is 20.2.